The van der Waals surface area contributed by atoms with Crippen LogP contribution in [-0.2, 0) is 0 Å². The normalized spacial score (nSPS) is 11.8. The van der Waals surface area contributed by atoms with Crippen LogP contribution in [0.1, 0.15) is 31.8 Å². The summed E-state index contributed by atoms with van der Waals surface area (Å²) in [5.74, 6) is -0.919. The number of imide groups is 1. The van der Waals surface area contributed by atoms with Gasteiger partial charge in [-0.2, -0.15) is 10.5 Å². The Bertz CT molecular complexity index is 3360. The summed E-state index contributed by atoms with van der Waals surface area (Å²) in [6, 6.07) is 56.7. The molecular weight excluding hydrogens is 765 g/mol. The first-order chi connectivity index (χ1) is 30.4. The molecule has 8 aromatic carbocycles. The number of rotatable bonds is 6. The Kier molecular flexibility index (Phi) is 8.82. The molecule has 8 heteroatoms. The second-order valence-corrected chi connectivity index (χ2v) is 14.8. The molecule has 0 bridgehead atoms. The van der Waals surface area contributed by atoms with Crippen LogP contribution in [0.4, 0.5) is 17.1 Å². The summed E-state index contributed by atoms with van der Waals surface area (Å²) >= 11 is 0. The maximum absolute atomic E-state index is 15.2. The summed E-state index contributed by atoms with van der Waals surface area (Å²) in [5, 5.41) is 21.5. The fourth-order valence-corrected chi connectivity index (χ4v) is 8.70. The third-order valence-electron chi connectivity index (χ3n) is 11.4. The first-order valence-electron chi connectivity index (χ1n) is 19.6. The molecule has 0 radical (unpaired) electrons. The topological polar surface area (TPSA) is 98.6 Å². The van der Waals surface area contributed by atoms with E-state index >= 15 is 4.79 Å². The first-order valence-corrected chi connectivity index (χ1v) is 19.6. The fraction of sp³-hybridized carbons (Fsp3) is 0. The van der Waals surface area contributed by atoms with Gasteiger partial charge >= 0.3 is 0 Å². The van der Waals surface area contributed by atoms with E-state index in [2.05, 4.69) is 21.8 Å². The van der Waals surface area contributed by atoms with Crippen molar-refractivity contribution in [2.24, 2.45) is 0 Å². The third-order valence-corrected chi connectivity index (χ3v) is 11.4. The van der Waals surface area contributed by atoms with Crippen LogP contribution < -0.4 is 4.90 Å². The zero-order chi connectivity index (χ0) is 42.5. The van der Waals surface area contributed by atoms with Crippen LogP contribution in [0.5, 0.6) is 0 Å². The molecule has 1 aromatic heterocycles. The zero-order valence-electron chi connectivity index (χ0n) is 32.7. The molecule has 2 amide bonds. The van der Waals surface area contributed by atoms with E-state index in [1.807, 2.05) is 126 Å². The molecule has 286 valence electrons. The summed E-state index contributed by atoms with van der Waals surface area (Å²) in [4.78, 5) is 38.5. The largest absolute Gasteiger partial charge is 0.308 e. The number of aromatic nitrogens is 1. The van der Waals surface area contributed by atoms with E-state index in [4.69, 9.17) is 13.1 Å². The van der Waals surface area contributed by atoms with Gasteiger partial charge < -0.3 is 4.57 Å². The Labute approximate surface area is 356 Å². The molecule has 0 saturated heterocycles. The Morgan fingerprint density at radius 1 is 0.435 bits per heavy atom. The molecule has 0 atom stereocenters. The van der Waals surface area contributed by atoms with Crippen LogP contribution >= 0.6 is 0 Å². The maximum Gasteiger partial charge on any atom is 0.268 e. The van der Waals surface area contributed by atoms with E-state index in [-0.39, 0.29) is 11.1 Å². The molecule has 10 rings (SSSR count). The van der Waals surface area contributed by atoms with Crippen LogP contribution in [0.3, 0.4) is 0 Å². The Morgan fingerprint density at radius 2 is 0.968 bits per heavy atom. The van der Waals surface area contributed by atoms with Gasteiger partial charge in [-0.3, -0.25) is 9.59 Å². The quantitative estimate of drug-likeness (QED) is 0.124. The van der Waals surface area contributed by atoms with Crippen molar-refractivity contribution >= 4 is 50.7 Å². The molecule has 0 unspecified atom stereocenters. The average Bonchev–Trinajstić information content (AvgIpc) is 3.81. The highest BCUT2D eigenvalue weighted by Gasteiger charge is 2.40. The summed E-state index contributed by atoms with van der Waals surface area (Å²) in [6.45, 7) is 15.6. The van der Waals surface area contributed by atoms with E-state index in [9.17, 15) is 15.3 Å². The van der Waals surface area contributed by atoms with E-state index < -0.39 is 11.8 Å². The third kappa shape index (κ3) is 5.89. The number of nitrogens with zero attached hydrogens (tertiary/aromatic N) is 6. The highest BCUT2D eigenvalue weighted by Crippen LogP contribution is 2.46. The molecule has 0 aliphatic carbocycles. The van der Waals surface area contributed by atoms with Crippen LogP contribution in [-0.4, -0.2) is 16.4 Å². The van der Waals surface area contributed by atoms with Gasteiger partial charge in [-0.05, 0) is 112 Å². The lowest BCUT2D eigenvalue weighted by atomic mass is 9.93. The van der Waals surface area contributed by atoms with E-state index in [1.54, 1.807) is 48.5 Å². The van der Waals surface area contributed by atoms with E-state index in [1.165, 1.54) is 4.90 Å². The molecule has 8 nitrogen and oxygen atoms in total. The number of hydrogen-bond acceptors (Lipinski definition) is 4. The fourth-order valence-electron chi connectivity index (χ4n) is 8.70. The molecule has 2 heterocycles. The van der Waals surface area contributed by atoms with Crippen molar-refractivity contribution < 1.29 is 9.59 Å². The lowest BCUT2D eigenvalue weighted by Gasteiger charge is -2.20. The van der Waals surface area contributed by atoms with Crippen molar-refractivity contribution in [3.05, 3.63) is 215 Å². The Balaban J connectivity index is 1.24. The van der Waals surface area contributed by atoms with Gasteiger partial charge in [-0.15, -0.1) is 0 Å². The van der Waals surface area contributed by atoms with Crippen LogP contribution in [0.25, 0.3) is 81.7 Å². The highest BCUT2D eigenvalue weighted by molar-refractivity contribution is 6.36. The summed E-state index contributed by atoms with van der Waals surface area (Å²) in [6.07, 6.45) is 0. The smallest absolute Gasteiger partial charge is 0.268 e. The molecule has 1 aliphatic heterocycles. The second-order valence-electron chi connectivity index (χ2n) is 14.8. The van der Waals surface area contributed by atoms with E-state index in [0.717, 1.165) is 44.2 Å². The van der Waals surface area contributed by atoms with Crippen molar-refractivity contribution in [1.82, 2.24) is 4.57 Å². The van der Waals surface area contributed by atoms with Gasteiger partial charge in [0.2, 0.25) is 0 Å². The highest BCUT2D eigenvalue weighted by atomic mass is 16.2. The Morgan fingerprint density at radius 3 is 1.52 bits per heavy atom. The lowest BCUT2D eigenvalue weighted by Crippen LogP contribution is -2.30. The monoisotopic (exact) mass is 792 g/mol. The van der Waals surface area contributed by atoms with Crippen LogP contribution in [0, 0.1) is 35.8 Å². The minimum Gasteiger partial charge on any atom is -0.308 e. The van der Waals surface area contributed by atoms with Crippen molar-refractivity contribution in [1.29, 1.82) is 10.5 Å². The maximum atomic E-state index is 15.2. The molecule has 9 aromatic rings. The number of carbonyl (C=O) groups excluding carboxylic acids is 2. The summed E-state index contributed by atoms with van der Waals surface area (Å²) in [5.41, 5.74) is 10.4. The number of nitriles is 2. The average molecular weight is 793 g/mol. The predicted molar refractivity (Wildman–Crippen MR) is 242 cm³/mol. The molecule has 0 spiro atoms. The molecule has 1 aliphatic rings. The SMILES string of the molecule is [C-]#[N+]c1cc(C#N)cc(-c2cccc3c2c2c(-c4cc(C#N)cc([N+]#[C-])c4)cccc2n3-c2cccc3c2C(=O)N(c2ccc(-c4ccccc4)cc2-c2ccccc2)C3=O)c1. The van der Waals surface area contributed by atoms with Crippen molar-refractivity contribution in [2.75, 3.05) is 4.90 Å². The van der Waals surface area contributed by atoms with E-state index in [0.29, 0.717) is 56.0 Å². The van der Waals surface area contributed by atoms with Gasteiger partial charge in [0.15, 0.2) is 11.4 Å². The molecule has 62 heavy (non-hydrogen) atoms. The van der Waals surface area contributed by atoms with Crippen molar-refractivity contribution in [3.63, 3.8) is 0 Å². The van der Waals surface area contributed by atoms with Crippen molar-refractivity contribution in [3.8, 4) is 62.3 Å². The molecule has 0 saturated carbocycles. The zero-order valence-corrected chi connectivity index (χ0v) is 32.7. The molecule has 0 fully saturated rings. The Hall–Kier alpha value is -9.34. The molecular formula is C54H28N6O2. The predicted octanol–water partition coefficient (Wildman–Crippen LogP) is 13.1. The van der Waals surface area contributed by atoms with Gasteiger partial charge in [0.1, 0.15) is 0 Å². The summed E-state index contributed by atoms with van der Waals surface area (Å²) < 4.78 is 1.98. The van der Waals surface area contributed by atoms with Gasteiger partial charge in [0.05, 0.1) is 58.8 Å². The number of hydrogen-bond donors (Lipinski definition) is 0. The standard InChI is InChI=1S/C54H28N6O2/c1-57-40-26-33(31-55)24-38(28-40)42-16-9-19-47-50(42)51-43(39-25-34(32-56)27-41(29-39)58-2)17-10-20-48(51)59(47)49-21-11-18-44-52(49)54(62)60(53(44)61)46-23-22-37(35-12-5-3-6-13-35)30-45(46)36-14-7-4-8-15-36/h3-30H. The lowest BCUT2D eigenvalue weighted by molar-refractivity contribution is 0.0926. The number of fused-ring (bicyclic) bond motifs is 4. The minimum absolute atomic E-state index is 0.238. The van der Waals surface area contributed by atoms with Crippen LogP contribution in [0.15, 0.2) is 170 Å². The van der Waals surface area contributed by atoms with Crippen molar-refractivity contribution in [2.45, 2.75) is 0 Å². The van der Waals surface area contributed by atoms with Gasteiger partial charge in [-0.1, -0.05) is 97.1 Å². The molecule has 0 N–H and O–H groups in total. The van der Waals surface area contributed by atoms with Gasteiger partial charge in [0, 0.05) is 27.5 Å². The van der Waals surface area contributed by atoms with Gasteiger partial charge in [-0.25, -0.2) is 14.6 Å². The van der Waals surface area contributed by atoms with Gasteiger partial charge in [0.25, 0.3) is 11.8 Å². The number of benzene rings is 8. The number of anilines is 1. The number of carbonyl (C=O) groups is 2. The summed E-state index contributed by atoms with van der Waals surface area (Å²) in [7, 11) is 0. The van der Waals surface area contributed by atoms with Crippen LogP contribution in [0.2, 0.25) is 0 Å². The second kappa shape index (κ2) is 14.8. The minimum atomic E-state index is -0.473. The first kappa shape index (κ1) is 37.0. The number of amides is 2.